The van der Waals surface area contributed by atoms with Crippen molar-refractivity contribution in [3.05, 3.63) is 69.8 Å². The molecule has 2 aliphatic rings. The quantitative estimate of drug-likeness (QED) is 0.120. The molecule has 17 nitrogen and oxygen atoms in total. The van der Waals surface area contributed by atoms with Gasteiger partial charge in [-0.15, -0.1) is 0 Å². The van der Waals surface area contributed by atoms with E-state index >= 15 is 4.39 Å². The molecule has 0 radical (unpaired) electrons. The van der Waals surface area contributed by atoms with E-state index in [1.54, 1.807) is 46.7 Å². The van der Waals surface area contributed by atoms with E-state index in [4.69, 9.17) is 10.5 Å². The number of nitrogens with zero attached hydrogens (tertiary/aromatic N) is 3. The van der Waals surface area contributed by atoms with E-state index in [0.29, 0.717) is 61.7 Å². The third-order valence-corrected chi connectivity index (χ3v) is 10.4. The van der Waals surface area contributed by atoms with E-state index in [2.05, 4.69) is 35.1 Å². The molecule has 1 aromatic heterocycles. The summed E-state index contributed by atoms with van der Waals surface area (Å²) in [6.07, 6.45) is 4.11. The molecule has 1 saturated carbocycles. The molecule has 3 aromatic rings. The normalized spacial score (nSPS) is 14.8. The van der Waals surface area contributed by atoms with Crippen LogP contribution >= 0.6 is 0 Å². The molecule has 18 heteroatoms. The van der Waals surface area contributed by atoms with Gasteiger partial charge in [0, 0.05) is 62.6 Å². The lowest BCUT2D eigenvalue weighted by Gasteiger charge is -2.39. The van der Waals surface area contributed by atoms with Gasteiger partial charge in [-0.1, -0.05) is 39.3 Å². The predicted octanol–water partition coefficient (Wildman–Crippen LogP) is 4.16. The number of carboxylic acids is 1. The van der Waals surface area contributed by atoms with E-state index in [-0.39, 0.29) is 49.3 Å². The number of amides is 6. The van der Waals surface area contributed by atoms with Crippen LogP contribution in [0.15, 0.2) is 47.4 Å². The first-order chi connectivity index (χ1) is 28.5. The zero-order valence-corrected chi connectivity index (χ0v) is 34.9. The highest BCUT2D eigenvalue weighted by molar-refractivity contribution is 6.07. The molecule has 0 bridgehead atoms. The Labute approximate surface area is 348 Å². The number of fused-ring (bicyclic) bond motifs is 1. The fourth-order valence-electron chi connectivity index (χ4n) is 7.10. The highest BCUT2D eigenvalue weighted by atomic mass is 19.1. The van der Waals surface area contributed by atoms with Crippen LogP contribution < -0.4 is 37.3 Å². The molecule has 1 unspecified atom stereocenters. The molecule has 1 atom stereocenters. The van der Waals surface area contributed by atoms with Crippen LogP contribution in [0.3, 0.4) is 0 Å². The number of carboxylic acid groups (broad SMARTS) is 1. The number of primary amides is 1. The molecule has 7 N–H and O–H groups in total. The summed E-state index contributed by atoms with van der Waals surface area (Å²) in [4.78, 5) is 88.8. The second-order valence-corrected chi connectivity index (χ2v) is 15.5. The van der Waals surface area contributed by atoms with Gasteiger partial charge in [-0.25, -0.2) is 18.8 Å². The van der Waals surface area contributed by atoms with Crippen LogP contribution in [0.5, 0.6) is 0 Å². The van der Waals surface area contributed by atoms with Gasteiger partial charge in [-0.3, -0.25) is 19.2 Å². The Morgan fingerprint density at radius 1 is 0.950 bits per heavy atom. The number of nitrogens with one attached hydrogen (secondary N) is 4. The lowest BCUT2D eigenvalue weighted by Crippen LogP contribution is -2.57. The van der Waals surface area contributed by atoms with Crippen LogP contribution in [0, 0.1) is 17.2 Å². The number of halogens is 1. The van der Waals surface area contributed by atoms with E-state index in [9.17, 15) is 38.7 Å². The zero-order valence-electron chi connectivity index (χ0n) is 34.9. The number of aromatic carboxylic acids is 1. The van der Waals surface area contributed by atoms with Crippen LogP contribution in [-0.2, 0) is 32.3 Å². The van der Waals surface area contributed by atoms with Crippen LogP contribution in [-0.4, -0.2) is 95.7 Å². The van der Waals surface area contributed by atoms with Gasteiger partial charge in [0.15, 0.2) is 0 Å². The molecule has 1 aliphatic carbocycles. The minimum absolute atomic E-state index is 0.0131. The number of piperazine rings is 1. The number of carbonyl (C=O) groups is 6. The number of urea groups is 1. The maximum absolute atomic E-state index is 15.2. The minimum Gasteiger partial charge on any atom is -0.477 e. The Hall–Kier alpha value is -6.20. The molecule has 1 aliphatic heterocycles. The first-order valence-corrected chi connectivity index (χ1v) is 20.3. The standard InChI is InChI=1S/C38H47FN6O8.C4H10N2O/c1-5-43-21-28(34(48)49)33(47)27-18-29(39)31(19-30(27)43)44-13-15-45(16-14-44)37(52)53-22-25-7-9-26(10-8-25)42-32(46)20-40-35(50)38(11-6-12-38)36(51)41-24(4)17-23(2)3;1-2-3-6-4(5)7/h7-10,18-19,21,23-24H,5-6,11-17,20,22H2,1-4H3,(H,40,50)(H,41,51)(H,42,46)(H,48,49);2-3H2,1H3,(H3,5,6,7). The summed E-state index contributed by atoms with van der Waals surface area (Å²) in [6, 6.07) is 8.81. The summed E-state index contributed by atoms with van der Waals surface area (Å²) in [5.41, 5.74) is 4.24. The summed E-state index contributed by atoms with van der Waals surface area (Å²) in [5.74, 6) is -2.82. The summed E-state index contributed by atoms with van der Waals surface area (Å²) in [5, 5.41) is 20.1. The topological polar surface area (TPSA) is 234 Å². The molecule has 1 saturated heterocycles. The minimum atomic E-state index is -1.38. The van der Waals surface area contributed by atoms with Gasteiger partial charge in [-0.05, 0) is 75.3 Å². The molecule has 2 aromatic carbocycles. The molecule has 60 heavy (non-hydrogen) atoms. The summed E-state index contributed by atoms with van der Waals surface area (Å²) in [7, 11) is 0. The number of anilines is 2. The Morgan fingerprint density at radius 3 is 2.15 bits per heavy atom. The maximum Gasteiger partial charge on any atom is 0.410 e. The number of pyridine rings is 1. The molecule has 5 rings (SSSR count). The van der Waals surface area contributed by atoms with Gasteiger partial charge in [-0.2, -0.15) is 0 Å². The second-order valence-electron chi connectivity index (χ2n) is 15.5. The first-order valence-electron chi connectivity index (χ1n) is 20.3. The van der Waals surface area contributed by atoms with Crippen molar-refractivity contribution in [2.75, 3.05) is 49.5 Å². The van der Waals surface area contributed by atoms with E-state index in [1.807, 2.05) is 13.8 Å². The van der Waals surface area contributed by atoms with Crippen LogP contribution in [0.25, 0.3) is 10.9 Å². The maximum atomic E-state index is 15.2. The van der Waals surface area contributed by atoms with Crippen molar-refractivity contribution in [3.8, 4) is 0 Å². The van der Waals surface area contributed by atoms with Crippen LogP contribution in [0.1, 0.15) is 82.6 Å². The first kappa shape index (κ1) is 46.5. The fourth-order valence-corrected chi connectivity index (χ4v) is 7.10. The Balaban J connectivity index is 0.00000104. The second kappa shape index (κ2) is 21.2. The lowest BCUT2D eigenvalue weighted by molar-refractivity contribution is -0.150. The summed E-state index contributed by atoms with van der Waals surface area (Å²) >= 11 is 0. The van der Waals surface area contributed by atoms with Crippen LogP contribution in [0.2, 0.25) is 0 Å². The molecule has 2 fully saturated rings. The van der Waals surface area contributed by atoms with Crippen molar-refractivity contribution < 1.29 is 43.0 Å². The molecular formula is C42H57FN8O9. The monoisotopic (exact) mass is 836 g/mol. The van der Waals surface area contributed by atoms with Crippen molar-refractivity contribution in [2.24, 2.45) is 17.1 Å². The average molecular weight is 837 g/mol. The summed E-state index contributed by atoms with van der Waals surface area (Å²) in [6.45, 7) is 11.7. The van der Waals surface area contributed by atoms with Gasteiger partial charge in [0.05, 0.1) is 17.7 Å². The van der Waals surface area contributed by atoms with Crippen molar-refractivity contribution >= 4 is 58.1 Å². The van der Waals surface area contributed by atoms with Gasteiger partial charge in [0.2, 0.25) is 23.2 Å². The smallest absolute Gasteiger partial charge is 0.410 e. The van der Waals surface area contributed by atoms with Crippen molar-refractivity contribution in [3.63, 3.8) is 0 Å². The number of hydrogen-bond acceptors (Lipinski definition) is 9. The zero-order chi connectivity index (χ0) is 44.1. The Bertz CT molecular complexity index is 2090. The van der Waals surface area contributed by atoms with E-state index < -0.39 is 52.1 Å². The number of aromatic nitrogens is 1. The van der Waals surface area contributed by atoms with Gasteiger partial charge in [0.1, 0.15) is 23.4 Å². The Morgan fingerprint density at radius 2 is 1.62 bits per heavy atom. The molecule has 0 spiro atoms. The van der Waals surface area contributed by atoms with Gasteiger partial charge < -0.3 is 51.2 Å². The van der Waals surface area contributed by atoms with Gasteiger partial charge in [0.25, 0.3) is 0 Å². The fraction of sp³-hybridized carbons (Fsp3) is 0.500. The van der Waals surface area contributed by atoms with Crippen LogP contribution in [0.4, 0.5) is 25.4 Å². The molecule has 6 amide bonds. The van der Waals surface area contributed by atoms with E-state index in [1.165, 1.54) is 11.1 Å². The average Bonchev–Trinajstić information content (AvgIpc) is 3.18. The SMILES string of the molecule is CCCNC(N)=O.CCn1cc(C(=O)O)c(=O)c2cc(F)c(N3CCN(C(=O)OCc4ccc(NC(=O)CNC(=O)C5(C(=O)NC(C)CC(C)C)CCC5)cc4)CC3)cc21. The third kappa shape index (κ3) is 11.9. The number of rotatable bonds is 15. The Kier molecular flexibility index (Phi) is 16.4. The van der Waals surface area contributed by atoms with Crippen molar-refractivity contribution in [2.45, 2.75) is 85.9 Å². The number of hydrogen-bond donors (Lipinski definition) is 6. The largest absolute Gasteiger partial charge is 0.477 e. The molecule has 326 valence electrons. The number of nitrogens with two attached hydrogens (primary N) is 1. The molecule has 2 heterocycles. The highest BCUT2D eigenvalue weighted by Gasteiger charge is 2.51. The van der Waals surface area contributed by atoms with Gasteiger partial charge >= 0.3 is 18.1 Å². The highest BCUT2D eigenvalue weighted by Crippen LogP contribution is 2.41. The molecular weight excluding hydrogens is 780 g/mol. The number of carbonyl (C=O) groups excluding carboxylic acids is 5. The van der Waals surface area contributed by atoms with E-state index in [0.717, 1.165) is 25.3 Å². The third-order valence-electron chi connectivity index (χ3n) is 10.4. The summed E-state index contributed by atoms with van der Waals surface area (Å²) < 4.78 is 22.3. The number of aryl methyl sites for hydroxylation is 1. The number of benzene rings is 2. The van der Waals surface area contributed by atoms with Crippen molar-refractivity contribution in [1.29, 1.82) is 0 Å². The van der Waals surface area contributed by atoms with Crippen molar-refractivity contribution in [1.82, 2.24) is 25.4 Å². The lowest BCUT2D eigenvalue weighted by atomic mass is 9.67. The number of ether oxygens (including phenoxy) is 1. The predicted molar refractivity (Wildman–Crippen MR) is 224 cm³/mol.